The zero-order chi connectivity index (χ0) is 9.14. The Morgan fingerprint density at radius 2 is 2.25 bits per heavy atom. The minimum atomic E-state index is -0.409. The molecule has 0 saturated heterocycles. The minimum Gasteiger partial charge on any atom is -0.321 e. The molecule has 1 nitrogen and oxygen atoms in total. The lowest BCUT2D eigenvalue weighted by Crippen LogP contribution is -2.07. The second kappa shape index (κ2) is 3.70. The van der Waals surface area contributed by atoms with E-state index in [4.69, 9.17) is 17.3 Å². The molecule has 0 bridgehead atoms. The minimum absolute atomic E-state index is 0.341. The number of nitrogens with two attached hydrogens (primary N) is 1. The summed E-state index contributed by atoms with van der Waals surface area (Å²) in [5.41, 5.74) is 6.16. The highest BCUT2D eigenvalue weighted by Crippen LogP contribution is 2.22. The Labute approximate surface area is 75.6 Å². The van der Waals surface area contributed by atoms with E-state index < -0.39 is 6.04 Å². The molecule has 0 unspecified atom stereocenters. The molecule has 0 spiro atoms. The van der Waals surface area contributed by atoms with Gasteiger partial charge in [0, 0.05) is 11.1 Å². The van der Waals surface area contributed by atoms with E-state index in [0.717, 1.165) is 0 Å². The summed E-state index contributed by atoms with van der Waals surface area (Å²) in [6.45, 7) is 3.50. The van der Waals surface area contributed by atoms with Crippen molar-refractivity contribution in [2.24, 2.45) is 5.73 Å². The first kappa shape index (κ1) is 9.23. The highest BCUT2D eigenvalue weighted by atomic mass is 35.5. The second-order valence-corrected chi connectivity index (χ2v) is 2.83. The first-order valence-electron chi connectivity index (χ1n) is 3.48. The predicted molar refractivity (Wildman–Crippen MR) is 48.5 cm³/mol. The highest BCUT2D eigenvalue weighted by Gasteiger charge is 2.06. The fourth-order valence-electron chi connectivity index (χ4n) is 0.897. The van der Waals surface area contributed by atoms with Gasteiger partial charge in [-0.2, -0.15) is 0 Å². The van der Waals surface area contributed by atoms with E-state index in [2.05, 4.69) is 6.58 Å². The quantitative estimate of drug-likeness (QED) is 0.705. The number of hydrogen-bond donors (Lipinski definition) is 1. The van der Waals surface area contributed by atoms with E-state index in [-0.39, 0.29) is 5.82 Å². The number of hydrogen-bond acceptors (Lipinski definition) is 1. The molecule has 1 rings (SSSR count). The lowest BCUT2D eigenvalue weighted by molar-refractivity contribution is 0.624. The first-order chi connectivity index (χ1) is 5.65. The first-order valence-corrected chi connectivity index (χ1v) is 3.86. The third-order valence-corrected chi connectivity index (χ3v) is 1.92. The Balaban J connectivity index is 3.12. The summed E-state index contributed by atoms with van der Waals surface area (Å²) in [6.07, 6.45) is 1.51. The zero-order valence-electron chi connectivity index (χ0n) is 6.43. The maximum atomic E-state index is 12.7. The van der Waals surface area contributed by atoms with Gasteiger partial charge in [0.25, 0.3) is 0 Å². The van der Waals surface area contributed by atoms with Crippen LogP contribution in [0.25, 0.3) is 0 Å². The van der Waals surface area contributed by atoms with Gasteiger partial charge in [-0.3, -0.25) is 0 Å². The van der Waals surface area contributed by atoms with Gasteiger partial charge in [0.05, 0.1) is 0 Å². The Kier molecular flexibility index (Phi) is 2.84. The third kappa shape index (κ3) is 1.84. The maximum absolute atomic E-state index is 12.7. The average Bonchev–Trinajstić information content (AvgIpc) is 2.08. The van der Waals surface area contributed by atoms with Crippen molar-refractivity contribution in [1.82, 2.24) is 0 Å². The molecule has 1 aromatic carbocycles. The molecule has 12 heavy (non-hydrogen) atoms. The fourth-order valence-corrected chi connectivity index (χ4v) is 1.14. The van der Waals surface area contributed by atoms with E-state index in [1.807, 2.05) is 0 Å². The van der Waals surface area contributed by atoms with E-state index in [9.17, 15) is 4.39 Å². The van der Waals surface area contributed by atoms with Crippen LogP contribution in [0.1, 0.15) is 11.6 Å². The van der Waals surface area contributed by atoms with Crippen LogP contribution in [0.15, 0.2) is 30.9 Å². The smallest absolute Gasteiger partial charge is 0.123 e. The van der Waals surface area contributed by atoms with Crippen LogP contribution in [-0.2, 0) is 0 Å². The SMILES string of the molecule is C=C[C@@H](N)c1cc(F)ccc1Cl. The summed E-state index contributed by atoms with van der Waals surface area (Å²) in [4.78, 5) is 0. The Bertz CT molecular complexity index is 299. The van der Waals surface area contributed by atoms with Crippen LogP contribution >= 0.6 is 11.6 Å². The topological polar surface area (TPSA) is 26.0 Å². The van der Waals surface area contributed by atoms with Crippen LogP contribution in [0.2, 0.25) is 5.02 Å². The molecule has 0 fully saturated rings. The molecule has 0 saturated carbocycles. The molecule has 3 heteroatoms. The normalized spacial score (nSPS) is 12.6. The van der Waals surface area contributed by atoms with Crippen LogP contribution in [-0.4, -0.2) is 0 Å². The van der Waals surface area contributed by atoms with E-state index in [1.54, 1.807) is 0 Å². The van der Waals surface area contributed by atoms with Gasteiger partial charge in [0.1, 0.15) is 5.82 Å². The molecule has 0 aliphatic carbocycles. The average molecular weight is 186 g/mol. The van der Waals surface area contributed by atoms with E-state index in [1.165, 1.54) is 24.3 Å². The van der Waals surface area contributed by atoms with Crippen LogP contribution in [0, 0.1) is 5.82 Å². The largest absolute Gasteiger partial charge is 0.321 e. The second-order valence-electron chi connectivity index (χ2n) is 2.43. The van der Waals surface area contributed by atoms with Crippen LogP contribution < -0.4 is 5.73 Å². The van der Waals surface area contributed by atoms with Crippen molar-refractivity contribution in [1.29, 1.82) is 0 Å². The van der Waals surface area contributed by atoms with Crippen molar-refractivity contribution in [2.75, 3.05) is 0 Å². The summed E-state index contributed by atoms with van der Waals surface area (Å²) in [6, 6.07) is 3.68. The highest BCUT2D eigenvalue weighted by molar-refractivity contribution is 6.31. The molecule has 0 aliphatic heterocycles. The van der Waals surface area contributed by atoms with Crippen LogP contribution in [0.4, 0.5) is 4.39 Å². The fraction of sp³-hybridized carbons (Fsp3) is 0.111. The van der Waals surface area contributed by atoms with Crippen LogP contribution in [0.3, 0.4) is 0 Å². The Hall–Kier alpha value is -0.860. The molecular weight excluding hydrogens is 177 g/mol. The lowest BCUT2D eigenvalue weighted by atomic mass is 10.1. The molecular formula is C9H9ClFN. The molecule has 64 valence electrons. The van der Waals surface area contributed by atoms with Crippen molar-refractivity contribution >= 4 is 11.6 Å². The molecule has 2 N–H and O–H groups in total. The van der Waals surface area contributed by atoms with E-state index >= 15 is 0 Å². The third-order valence-electron chi connectivity index (χ3n) is 1.57. The summed E-state index contributed by atoms with van der Waals surface area (Å²) in [5, 5.41) is 0.462. The number of rotatable bonds is 2. The predicted octanol–water partition coefficient (Wildman–Crippen LogP) is 2.66. The Morgan fingerprint density at radius 1 is 1.58 bits per heavy atom. The number of benzene rings is 1. The van der Waals surface area contributed by atoms with Gasteiger partial charge in [-0.25, -0.2) is 4.39 Å². The van der Waals surface area contributed by atoms with Gasteiger partial charge in [-0.15, -0.1) is 6.58 Å². The molecule has 0 amide bonds. The van der Waals surface area contributed by atoms with Crippen molar-refractivity contribution in [3.63, 3.8) is 0 Å². The van der Waals surface area contributed by atoms with Gasteiger partial charge in [0.15, 0.2) is 0 Å². The monoisotopic (exact) mass is 185 g/mol. The molecule has 0 aromatic heterocycles. The molecule has 0 aliphatic rings. The van der Waals surface area contributed by atoms with Gasteiger partial charge in [0.2, 0.25) is 0 Å². The summed E-state index contributed by atoms with van der Waals surface area (Å²) in [5.74, 6) is -0.341. The summed E-state index contributed by atoms with van der Waals surface area (Å²) < 4.78 is 12.7. The number of halogens is 2. The molecule has 1 atom stereocenters. The van der Waals surface area contributed by atoms with Gasteiger partial charge in [-0.1, -0.05) is 17.7 Å². The Morgan fingerprint density at radius 3 is 2.83 bits per heavy atom. The zero-order valence-corrected chi connectivity index (χ0v) is 7.18. The van der Waals surface area contributed by atoms with Gasteiger partial charge in [-0.05, 0) is 23.8 Å². The summed E-state index contributed by atoms with van der Waals surface area (Å²) >= 11 is 5.78. The van der Waals surface area contributed by atoms with Gasteiger partial charge < -0.3 is 5.73 Å². The van der Waals surface area contributed by atoms with Crippen molar-refractivity contribution in [2.45, 2.75) is 6.04 Å². The summed E-state index contributed by atoms with van der Waals surface area (Å²) in [7, 11) is 0. The molecule has 0 radical (unpaired) electrons. The van der Waals surface area contributed by atoms with Crippen molar-refractivity contribution < 1.29 is 4.39 Å². The van der Waals surface area contributed by atoms with Crippen LogP contribution in [0.5, 0.6) is 0 Å². The molecule has 0 heterocycles. The molecule has 1 aromatic rings. The van der Waals surface area contributed by atoms with Crippen molar-refractivity contribution in [3.8, 4) is 0 Å². The maximum Gasteiger partial charge on any atom is 0.123 e. The van der Waals surface area contributed by atoms with Crippen molar-refractivity contribution in [3.05, 3.63) is 47.3 Å². The lowest BCUT2D eigenvalue weighted by Gasteiger charge is -2.08. The van der Waals surface area contributed by atoms with Gasteiger partial charge >= 0.3 is 0 Å². The van der Waals surface area contributed by atoms with E-state index in [0.29, 0.717) is 10.6 Å². The standard InChI is InChI=1S/C9H9ClFN/c1-2-9(12)7-5-6(11)3-4-8(7)10/h2-5,9H,1,12H2/t9-/m1/s1.